The highest BCUT2D eigenvalue weighted by molar-refractivity contribution is 5.48. The molecular formula is C11H14N4O. The number of hydrogen-bond acceptors (Lipinski definition) is 3. The molecule has 0 atom stereocenters. The molecule has 0 aliphatic rings. The first-order valence-electron chi connectivity index (χ1n) is 5.21. The highest BCUT2D eigenvalue weighted by Crippen LogP contribution is 2.11. The van der Waals surface area contributed by atoms with Crippen LogP contribution < -0.4 is 5.56 Å². The maximum Gasteiger partial charge on any atom is 0.254 e. The molecule has 1 N–H and O–H groups in total. The van der Waals surface area contributed by atoms with Crippen LogP contribution in [0.4, 0.5) is 0 Å². The maximum absolute atomic E-state index is 11.7. The molecule has 0 radical (unpaired) electrons. The molecular weight excluding hydrogens is 204 g/mol. The van der Waals surface area contributed by atoms with E-state index in [0.717, 1.165) is 12.1 Å². The lowest BCUT2D eigenvalue weighted by atomic mass is 10.2. The minimum absolute atomic E-state index is 0.0903. The number of aryl methyl sites for hydroxylation is 2. The summed E-state index contributed by atoms with van der Waals surface area (Å²) in [7, 11) is 1.83. The van der Waals surface area contributed by atoms with Crippen LogP contribution in [-0.4, -0.2) is 19.7 Å². The van der Waals surface area contributed by atoms with E-state index in [1.54, 1.807) is 11.6 Å². The van der Waals surface area contributed by atoms with Gasteiger partial charge >= 0.3 is 0 Å². The fourth-order valence-corrected chi connectivity index (χ4v) is 1.59. The van der Waals surface area contributed by atoms with Crippen LogP contribution in [0.3, 0.4) is 0 Å². The van der Waals surface area contributed by atoms with Gasteiger partial charge in [0.25, 0.3) is 5.56 Å². The van der Waals surface area contributed by atoms with Gasteiger partial charge in [0.1, 0.15) is 5.69 Å². The van der Waals surface area contributed by atoms with Crippen LogP contribution in [0, 0.1) is 6.92 Å². The quantitative estimate of drug-likeness (QED) is 0.819. The normalized spacial score (nSPS) is 10.7. The van der Waals surface area contributed by atoms with Gasteiger partial charge in [0, 0.05) is 18.8 Å². The molecule has 0 aliphatic carbocycles. The molecule has 2 aromatic rings. The van der Waals surface area contributed by atoms with Crippen molar-refractivity contribution in [1.82, 2.24) is 19.7 Å². The summed E-state index contributed by atoms with van der Waals surface area (Å²) in [4.78, 5) is 18.8. The summed E-state index contributed by atoms with van der Waals surface area (Å²) in [5.41, 5.74) is 2.10. The Balaban J connectivity index is 2.59. The molecule has 5 heteroatoms. The number of nitrogens with one attached hydrogen (secondary N) is 1. The first-order valence-corrected chi connectivity index (χ1v) is 5.21. The summed E-state index contributed by atoms with van der Waals surface area (Å²) in [6.45, 7) is 3.77. The summed E-state index contributed by atoms with van der Waals surface area (Å²) in [6, 6.07) is 1.83. The Kier molecular flexibility index (Phi) is 2.60. The summed E-state index contributed by atoms with van der Waals surface area (Å²) in [5, 5.41) is 4.21. The van der Waals surface area contributed by atoms with Gasteiger partial charge in [0.2, 0.25) is 0 Å². The van der Waals surface area contributed by atoms with Crippen molar-refractivity contribution in [2.45, 2.75) is 20.3 Å². The molecule has 0 unspecified atom stereocenters. The fourth-order valence-electron chi connectivity index (χ4n) is 1.59. The third kappa shape index (κ3) is 1.76. The summed E-state index contributed by atoms with van der Waals surface area (Å²) < 4.78 is 1.68. The Morgan fingerprint density at radius 3 is 2.81 bits per heavy atom. The number of aromatic amines is 1. The smallest absolute Gasteiger partial charge is 0.254 e. The lowest BCUT2D eigenvalue weighted by Gasteiger charge is -2.03. The number of H-pyrrole nitrogens is 1. The van der Waals surface area contributed by atoms with Gasteiger partial charge in [-0.05, 0) is 19.4 Å². The molecule has 0 aliphatic heterocycles. The lowest BCUT2D eigenvalue weighted by molar-refractivity contribution is 0.767. The second-order valence-electron chi connectivity index (χ2n) is 3.71. The van der Waals surface area contributed by atoms with E-state index in [4.69, 9.17) is 0 Å². The van der Waals surface area contributed by atoms with Crippen molar-refractivity contribution in [3.8, 4) is 11.5 Å². The molecule has 2 heterocycles. The Morgan fingerprint density at radius 2 is 2.25 bits per heavy atom. The Labute approximate surface area is 93.2 Å². The van der Waals surface area contributed by atoms with Crippen molar-refractivity contribution < 1.29 is 0 Å². The second kappa shape index (κ2) is 3.92. The number of hydrogen-bond donors (Lipinski definition) is 1. The minimum Gasteiger partial charge on any atom is -0.305 e. The van der Waals surface area contributed by atoms with E-state index in [0.29, 0.717) is 17.1 Å². The van der Waals surface area contributed by atoms with Gasteiger partial charge in [-0.15, -0.1) is 0 Å². The molecule has 2 aromatic heterocycles. The van der Waals surface area contributed by atoms with Gasteiger partial charge in [-0.1, -0.05) is 6.92 Å². The van der Waals surface area contributed by atoms with Crippen LogP contribution in [0.15, 0.2) is 17.1 Å². The van der Waals surface area contributed by atoms with E-state index in [1.165, 1.54) is 0 Å². The monoisotopic (exact) mass is 218 g/mol. The minimum atomic E-state index is -0.0903. The third-order valence-electron chi connectivity index (χ3n) is 2.54. The van der Waals surface area contributed by atoms with E-state index in [-0.39, 0.29) is 5.56 Å². The molecule has 0 fully saturated rings. The van der Waals surface area contributed by atoms with Crippen LogP contribution in [0.2, 0.25) is 0 Å². The van der Waals surface area contributed by atoms with Gasteiger partial charge in [-0.2, -0.15) is 5.10 Å². The van der Waals surface area contributed by atoms with Crippen LogP contribution in [0.25, 0.3) is 11.5 Å². The van der Waals surface area contributed by atoms with E-state index in [1.807, 2.05) is 26.2 Å². The highest BCUT2D eigenvalue weighted by Gasteiger charge is 2.09. The molecule has 0 aromatic carbocycles. The highest BCUT2D eigenvalue weighted by atomic mass is 16.1. The summed E-state index contributed by atoms with van der Waals surface area (Å²) in [6.07, 6.45) is 2.57. The van der Waals surface area contributed by atoms with Crippen molar-refractivity contribution in [2.75, 3.05) is 0 Å². The topological polar surface area (TPSA) is 63.6 Å². The molecule has 16 heavy (non-hydrogen) atoms. The predicted molar refractivity (Wildman–Crippen MR) is 61.2 cm³/mol. The molecule has 0 spiro atoms. The molecule has 0 amide bonds. The van der Waals surface area contributed by atoms with E-state index >= 15 is 0 Å². The van der Waals surface area contributed by atoms with Crippen molar-refractivity contribution in [3.63, 3.8) is 0 Å². The summed E-state index contributed by atoms with van der Waals surface area (Å²) in [5.74, 6) is 0.535. The molecule has 84 valence electrons. The zero-order valence-corrected chi connectivity index (χ0v) is 9.61. The number of rotatable bonds is 2. The van der Waals surface area contributed by atoms with Crippen molar-refractivity contribution in [3.05, 3.63) is 33.9 Å². The van der Waals surface area contributed by atoms with Gasteiger partial charge < -0.3 is 4.98 Å². The average Bonchev–Trinajstić information content (AvgIpc) is 2.69. The molecule has 2 rings (SSSR count). The van der Waals surface area contributed by atoms with E-state index in [2.05, 4.69) is 15.1 Å². The van der Waals surface area contributed by atoms with Crippen LogP contribution in [0.5, 0.6) is 0 Å². The number of aromatic nitrogens is 4. The number of nitrogens with zero attached hydrogens (tertiary/aromatic N) is 3. The largest absolute Gasteiger partial charge is 0.305 e. The first kappa shape index (κ1) is 10.6. The molecule has 0 saturated heterocycles. The van der Waals surface area contributed by atoms with Crippen LogP contribution >= 0.6 is 0 Å². The van der Waals surface area contributed by atoms with Gasteiger partial charge in [-0.3, -0.25) is 9.48 Å². The van der Waals surface area contributed by atoms with E-state index in [9.17, 15) is 4.79 Å². The molecule has 0 bridgehead atoms. The fraction of sp³-hybridized carbons (Fsp3) is 0.364. The van der Waals surface area contributed by atoms with Gasteiger partial charge in [0.05, 0.1) is 5.69 Å². The SMILES string of the molecule is CCc1nc(-c2ccn(C)n2)[nH]c(=O)c1C. The van der Waals surface area contributed by atoms with Crippen molar-refractivity contribution in [1.29, 1.82) is 0 Å². The average molecular weight is 218 g/mol. The van der Waals surface area contributed by atoms with Crippen molar-refractivity contribution in [2.24, 2.45) is 7.05 Å². The van der Waals surface area contributed by atoms with Crippen molar-refractivity contribution >= 4 is 0 Å². The van der Waals surface area contributed by atoms with Crippen LogP contribution in [0.1, 0.15) is 18.2 Å². The Bertz CT molecular complexity index is 568. The first-order chi connectivity index (χ1) is 7.61. The molecule has 0 saturated carbocycles. The summed E-state index contributed by atoms with van der Waals surface area (Å²) >= 11 is 0. The van der Waals surface area contributed by atoms with Gasteiger partial charge in [-0.25, -0.2) is 4.98 Å². The Hall–Kier alpha value is -1.91. The van der Waals surface area contributed by atoms with Gasteiger partial charge in [0.15, 0.2) is 5.82 Å². The third-order valence-corrected chi connectivity index (χ3v) is 2.54. The lowest BCUT2D eigenvalue weighted by Crippen LogP contribution is -2.15. The van der Waals surface area contributed by atoms with Crippen LogP contribution in [-0.2, 0) is 13.5 Å². The molecule has 5 nitrogen and oxygen atoms in total. The second-order valence-corrected chi connectivity index (χ2v) is 3.71. The zero-order valence-electron chi connectivity index (χ0n) is 9.61. The standard InChI is InChI=1S/C11H14N4O/c1-4-8-7(2)11(16)13-10(12-8)9-5-6-15(3)14-9/h5-6H,4H2,1-3H3,(H,12,13,16). The maximum atomic E-state index is 11.7. The van der Waals surface area contributed by atoms with E-state index < -0.39 is 0 Å². The predicted octanol–water partition coefficient (Wildman–Crippen LogP) is 1.04. The zero-order chi connectivity index (χ0) is 11.7. The Morgan fingerprint density at radius 1 is 1.50 bits per heavy atom.